The minimum atomic E-state index is 0.616. The predicted molar refractivity (Wildman–Crippen MR) is 73.1 cm³/mol. The summed E-state index contributed by atoms with van der Waals surface area (Å²) in [7, 11) is 0. The van der Waals surface area contributed by atoms with Crippen LogP contribution in [0.3, 0.4) is 0 Å². The van der Waals surface area contributed by atoms with E-state index in [1.807, 2.05) is 0 Å². The lowest BCUT2D eigenvalue weighted by Gasteiger charge is -2.31. The van der Waals surface area contributed by atoms with E-state index in [1.54, 1.807) is 0 Å². The van der Waals surface area contributed by atoms with Gasteiger partial charge in [0.25, 0.3) is 0 Å². The van der Waals surface area contributed by atoms with Gasteiger partial charge in [-0.15, -0.1) is 0 Å². The van der Waals surface area contributed by atoms with Crippen molar-refractivity contribution in [3.63, 3.8) is 0 Å². The summed E-state index contributed by atoms with van der Waals surface area (Å²) < 4.78 is 0. The fourth-order valence-electron chi connectivity index (χ4n) is 3.49. The van der Waals surface area contributed by atoms with Gasteiger partial charge in [-0.2, -0.15) is 0 Å². The molecule has 1 saturated heterocycles. The maximum Gasteiger partial charge on any atom is 0.0169 e. The molecule has 0 amide bonds. The lowest BCUT2D eigenvalue weighted by molar-refractivity contribution is 0.200. The molecule has 0 spiro atoms. The van der Waals surface area contributed by atoms with Gasteiger partial charge < -0.3 is 16.0 Å². The van der Waals surface area contributed by atoms with E-state index in [0.717, 1.165) is 12.5 Å². The standard InChI is InChI=1S/C14H29N3/c1-12(11-17-8-3-2-4-9-17)16-14-7-5-6-13(14)10-15/h12-14,16H,2-11,15H2,1H3. The average Bonchev–Trinajstić information content (AvgIpc) is 2.77. The lowest BCUT2D eigenvalue weighted by atomic mass is 10.0. The SMILES string of the molecule is CC(CN1CCCCC1)NC1CCCC1CN. The highest BCUT2D eigenvalue weighted by Gasteiger charge is 2.27. The van der Waals surface area contributed by atoms with Gasteiger partial charge in [-0.25, -0.2) is 0 Å². The van der Waals surface area contributed by atoms with Gasteiger partial charge in [0.1, 0.15) is 0 Å². The van der Waals surface area contributed by atoms with Crippen molar-refractivity contribution in [2.24, 2.45) is 11.7 Å². The van der Waals surface area contributed by atoms with Crippen molar-refractivity contribution in [3.8, 4) is 0 Å². The third-order valence-corrected chi connectivity index (χ3v) is 4.44. The second kappa shape index (κ2) is 6.72. The topological polar surface area (TPSA) is 41.3 Å². The van der Waals surface area contributed by atoms with Crippen LogP contribution in [0.4, 0.5) is 0 Å². The molecule has 1 saturated carbocycles. The Balaban J connectivity index is 1.70. The summed E-state index contributed by atoms with van der Waals surface area (Å²) in [6, 6.07) is 1.30. The van der Waals surface area contributed by atoms with Crippen molar-refractivity contribution in [1.82, 2.24) is 10.2 Å². The molecule has 3 nitrogen and oxygen atoms in total. The van der Waals surface area contributed by atoms with Gasteiger partial charge in [0.15, 0.2) is 0 Å². The molecule has 1 heterocycles. The van der Waals surface area contributed by atoms with Crippen LogP contribution in [0.25, 0.3) is 0 Å². The van der Waals surface area contributed by atoms with Crippen LogP contribution >= 0.6 is 0 Å². The Bertz CT molecular complexity index is 214. The minimum absolute atomic E-state index is 0.616. The zero-order chi connectivity index (χ0) is 12.1. The molecule has 1 aliphatic carbocycles. The number of nitrogens with one attached hydrogen (secondary N) is 1. The van der Waals surface area contributed by atoms with E-state index in [2.05, 4.69) is 17.1 Å². The molecule has 17 heavy (non-hydrogen) atoms. The molecule has 2 aliphatic rings. The number of rotatable bonds is 5. The Morgan fingerprint density at radius 3 is 2.65 bits per heavy atom. The van der Waals surface area contributed by atoms with Gasteiger partial charge >= 0.3 is 0 Å². The van der Waals surface area contributed by atoms with E-state index in [4.69, 9.17) is 5.73 Å². The summed E-state index contributed by atoms with van der Waals surface area (Å²) in [5.41, 5.74) is 5.83. The molecule has 0 radical (unpaired) electrons. The summed E-state index contributed by atoms with van der Waals surface area (Å²) in [6.45, 7) is 7.01. The Labute approximate surface area is 106 Å². The van der Waals surface area contributed by atoms with Crippen LogP contribution in [0.2, 0.25) is 0 Å². The van der Waals surface area contributed by atoms with Crippen molar-refractivity contribution in [1.29, 1.82) is 0 Å². The number of nitrogens with zero attached hydrogens (tertiary/aromatic N) is 1. The van der Waals surface area contributed by atoms with Gasteiger partial charge in [-0.05, 0) is 58.2 Å². The first-order valence-corrected chi connectivity index (χ1v) is 7.48. The van der Waals surface area contributed by atoms with Gasteiger partial charge in [0.2, 0.25) is 0 Å². The molecule has 3 heteroatoms. The molecule has 0 aromatic rings. The normalized spacial score (nSPS) is 32.8. The Morgan fingerprint density at radius 2 is 1.94 bits per heavy atom. The highest BCUT2D eigenvalue weighted by atomic mass is 15.2. The molecular formula is C14H29N3. The minimum Gasteiger partial charge on any atom is -0.330 e. The number of hydrogen-bond acceptors (Lipinski definition) is 3. The van der Waals surface area contributed by atoms with Gasteiger partial charge in [-0.1, -0.05) is 12.8 Å². The van der Waals surface area contributed by atoms with Crippen LogP contribution in [0.1, 0.15) is 45.4 Å². The number of likely N-dealkylation sites (tertiary alicyclic amines) is 1. The molecule has 2 rings (SSSR count). The number of piperidine rings is 1. The van der Waals surface area contributed by atoms with E-state index in [0.29, 0.717) is 12.1 Å². The van der Waals surface area contributed by atoms with Crippen LogP contribution < -0.4 is 11.1 Å². The van der Waals surface area contributed by atoms with E-state index >= 15 is 0 Å². The fraction of sp³-hybridized carbons (Fsp3) is 1.00. The van der Waals surface area contributed by atoms with E-state index in [1.165, 1.54) is 58.2 Å². The molecule has 3 N–H and O–H groups in total. The molecule has 0 aromatic carbocycles. The van der Waals surface area contributed by atoms with Crippen molar-refractivity contribution < 1.29 is 0 Å². The molecular weight excluding hydrogens is 210 g/mol. The second-order valence-corrected chi connectivity index (χ2v) is 5.96. The smallest absolute Gasteiger partial charge is 0.0169 e. The summed E-state index contributed by atoms with van der Waals surface area (Å²) in [6.07, 6.45) is 8.21. The molecule has 0 bridgehead atoms. The van der Waals surface area contributed by atoms with Crippen LogP contribution in [0, 0.1) is 5.92 Å². The van der Waals surface area contributed by atoms with Crippen LogP contribution in [-0.2, 0) is 0 Å². The molecule has 1 aliphatic heterocycles. The van der Waals surface area contributed by atoms with Crippen molar-refractivity contribution in [3.05, 3.63) is 0 Å². The largest absolute Gasteiger partial charge is 0.330 e. The average molecular weight is 239 g/mol. The maximum atomic E-state index is 5.83. The second-order valence-electron chi connectivity index (χ2n) is 5.96. The molecule has 3 atom stereocenters. The Kier molecular flexibility index (Phi) is 5.26. The first-order chi connectivity index (χ1) is 8.29. The number of hydrogen-bond donors (Lipinski definition) is 2. The van der Waals surface area contributed by atoms with E-state index in [9.17, 15) is 0 Å². The van der Waals surface area contributed by atoms with Crippen LogP contribution in [0.15, 0.2) is 0 Å². The van der Waals surface area contributed by atoms with Crippen molar-refractivity contribution in [2.75, 3.05) is 26.2 Å². The molecule has 0 aromatic heterocycles. The summed E-state index contributed by atoms with van der Waals surface area (Å²) in [5, 5.41) is 3.81. The zero-order valence-corrected chi connectivity index (χ0v) is 11.3. The first kappa shape index (κ1) is 13.3. The Hall–Kier alpha value is -0.120. The first-order valence-electron chi connectivity index (χ1n) is 7.48. The van der Waals surface area contributed by atoms with Crippen molar-refractivity contribution >= 4 is 0 Å². The zero-order valence-electron chi connectivity index (χ0n) is 11.3. The monoisotopic (exact) mass is 239 g/mol. The van der Waals surface area contributed by atoms with E-state index < -0.39 is 0 Å². The predicted octanol–water partition coefficient (Wildman–Crippen LogP) is 1.58. The maximum absolute atomic E-state index is 5.83. The van der Waals surface area contributed by atoms with Crippen LogP contribution in [-0.4, -0.2) is 43.2 Å². The lowest BCUT2D eigenvalue weighted by Crippen LogP contribution is -2.47. The summed E-state index contributed by atoms with van der Waals surface area (Å²) >= 11 is 0. The fourth-order valence-corrected chi connectivity index (χ4v) is 3.49. The highest BCUT2D eigenvalue weighted by Crippen LogP contribution is 2.25. The summed E-state index contributed by atoms with van der Waals surface area (Å²) in [5.74, 6) is 0.721. The van der Waals surface area contributed by atoms with Gasteiger partial charge in [0, 0.05) is 18.6 Å². The third kappa shape index (κ3) is 3.94. The van der Waals surface area contributed by atoms with Crippen LogP contribution in [0.5, 0.6) is 0 Å². The molecule has 2 fully saturated rings. The van der Waals surface area contributed by atoms with E-state index in [-0.39, 0.29) is 0 Å². The number of nitrogens with two attached hydrogens (primary N) is 1. The van der Waals surface area contributed by atoms with Gasteiger partial charge in [0.05, 0.1) is 0 Å². The highest BCUT2D eigenvalue weighted by molar-refractivity contribution is 4.86. The quantitative estimate of drug-likeness (QED) is 0.765. The summed E-state index contributed by atoms with van der Waals surface area (Å²) in [4.78, 5) is 2.62. The molecule has 3 unspecified atom stereocenters. The third-order valence-electron chi connectivity index (χ3n) is 4.44. The van der Waals surface area contributed by atoms with Gasteiger partial charge in [-0.3, -0.25) is 0 Å². The molecule has 100 valence electrons. The Morgan fingerprint density at radius 1 is 1.18 bits per heavy atom. The van der Waals surface area contributed by atoms with Crippen molar-refractivity contribution in [2.45, 2.75) is 57.5 Å².